The Morgan fingerprint density at radius 1 is 0.542 bits per heavy atom. The minimum absolute atomic E-state index is 0.0169. The average molecular weight is 821 g/mol. The highest BCUT2D eigenvalue weighted by atomic mass is 32.2. The van der Waals surface area contributed by atoms with Crippen LogP contribution in [-0.2, 0) is 48.1 Å². The first-order valence-electron chi connectivity index (χ1n) is 17.8. The number of anilines is 2. The molecule has 0 heterocycles. The zero-order valence-electron chi connectivity index (χ0n) is 32.1. The Hall–Kier alpha value is -7.39. The Morgan fingerprint density at radius 3 is 1.25 bits per heavy atom. The van der Waals surface area contributed by atoms with Gasteiger partial charge in [-0.1, -0.05) is 37.4 Å². The zero-order chi connectivity index (χ0) is 43.0. The van der Waals surface area contributed by atoms with E-state index in [0.29, 0.717) is 0 Å². The largest absolute Gasteiger partial charge is 0.462 e. The van der Waals surface area contributed by atoms with Crippen molar-refractivity contribution in [3.05, 3.63) is 146 Å². The number of allylic oxidation sites excluding steroid dienone is 2. The number of carbonyl (C=O) groups excluding carboxylic acids is 6. The Labute approximate surface area is 340 Å². The molecule has 2 N–H and O–H groups in total. The Morgan fingerprint density at radius 2 is 0.898 bits per heavy atom. The molecule has 15 heteroatoms. The second-order valence-electron chi connectivity index (χ2n) is 12.6. The number of hydrogen-bond acceptors (Lipinski definition) is 12. The molecule has 0 aliphatic carbocycles. The van der Waals surface area contributed by atoms with E-state index in [1.165, 1.54) is 62.4 Å². The van der Waals surface area contributed by atoms with Crippen LogP contribution in [0.25, 0.3) is 0 Å². The molecule has 0 aliphatic heterocycles. The van der Waals surface area contributed by atoms with Crippen molar-refractivity contribution in [3.63, 3.8) is 0 Å². The number of para-hydroxylation sites is 4. The molecule has 0 saturated heterocycles. The molecule has 0 saturated carbocycles. The van der Waals surface area contributed by atoms with Crippen molar-refractivity contribution >= 4 is 56.5 Å². The van der Waals surface area contributed by atoms with Gasteiger partial charge in [-0.3, -0.25) is 19.2 Å². The van der Waals surface area contributed by atoms with Crippen LogP contribution in [-0.4, -0.2) is 57.0 Å². The third kappa shape index (κ3) is 13.9. The molecule has 2 amide bonds. The van der Waals surface area contributed by atoms with Gasteiger partial charge in [0.15, 0.2) is 23.1 Å². The van der Waals surface area contributed by atoms with Crippen LogP contribution in [0.1, 0.15) is 26.7 Å². The van der Waals surface area contributed by atoms with Crippen molar-refractivity contribution in [2.75, 3.05) is 23.8 Å². The summed E-state index contributed by atoms with van der Waals surface area (Å²) in [6.07, 6.45) is 4.00. The number of sulfone groups is 1. The highest BCUT2D eigenvalue weighted by molar-refractivity contribution is 7.91. The van der Waals surface area contributed by atoms with E-state index in [1.54, 1.807) is 48.5 Å². The first-order valence-corrected chi connectivity index (χ1v) is 19.3. The lowest BCUT2D eigenvalue weighted by molar-refractivity contribution is -0.140. The number of nitrogens with one attached hydrogen (secondary N) is 2. The van der Waals surface area contributed by atoms with Gasteiger partial charge >= 0.3 is 11.9 Å². The SMILES string of the molecule is C=C(C)C(=O)OCCC(=O)/C=C/C(=O)Nc1ccccc1Oc1ccc(S(=O)(=O)c2ccc(Oc3ccccc3NC(=O)/C=C/C(=O)CCOC(=O)C(=C)C)cc2)cc1. The quantitative estimate of drug-likeness (QED) is 0.0670. The predicted octanol–water partition coefficient (Wildman–Crippen LogP) is 7.25. The molecule has 0 radical (unpaired) electrons. The van der Waals surface area contributed by atoms with Gasteiger partial charge in [-0.2, -0.15) is 0 Å². The maximum atomic E-state index is 13.5. The van der Waals surface area contributed by atoms with Crippen molar-refractivity contribution in [1.82, 2.24) is 0 Å². The zero-order valence-corrected chi connectivity index (χ0v) is 32.9. The number of amides is 2. The first kappa shape index (κ1) is 44.3. The van der Waals surface area contributed by atoms with Crippen LogP contribution in [0.4, 0.5) is 11.4 Å². The fraction of sp³-hybridized carbons (Fsp3) is 0.136. The van der Waals surface area contributed by atoms with Crippen LogP contribution in [0.3, 0.4) is 0 Å². The summed E-state index contributed by atoms with van der Waals surface area (Å²) < 4.78 is 48.6. The Bertz CT molecular complexity index is 2250. The molecule has 0 unspecified atom stereocenters. The summed E-state index contributed by atoms with van der Waals surface area (Å²) in [5.74, 6) is -2.25. The maximum Gasteiger partial charge on any atom is 0.333 e. The van der Waals surface area contributed by atoms with E-state index >= 15 is 0 Å². The molecule has 0 atom stereocenters. The summed E-state index contributed by atoms with van der Waals surface area (Å²) in [6, 6.07) is 24.4. The standard InChI is InChI=1S/C44H40N2O12S/c1-29(2)43(51)55-27-25-31(47)13-23-41(49)45-37-9-5-7-11-39(37)57-33-15-19-35(20-16-33)59(53,54)36-21-17-34(18-22-36)58-40-12-8-6-10-38(40)46-42(50)24-14-32(48)26-28-56-44(52)30(3)4/h5-24H,1,3,25-28H2,2,4H3,(H,45,49)(H,46,50)/b23-13+,24-14+. The molecular weight excluding hydrogens is 781 g/mol. The number of rotatable bonds is 20. The fourth-order valence-electron chi connectivity index (χ4n) is 4.67. The number of benzene rings is 4. The summed E-state index contributed by atoms with van der Waals surface area (Å²) in [6.45, 7) is 9.59. The van der Waals surface area contributed by atoms with Gasteiger partial charge < -0.3 is 29.6 Å². The maximum absolute atomic E-state index is 13.5. The minimum Gasteiger partial charge on any atom is -0.462 e. The van der Waals surface area contributed by atoms with E-state index in [-0.39, 0.29) is 81.4 Å². The summed E-state index contributed by atoms with van der Waals surface area (Å²) in [4.78, 5) is 72.0. The lowest BCUT2D eigenvalue weighted by Gasteiger charge is -2.13. The summed E-state index contributed by atoms with van der Waals surface area (Å²) in [5, 5.41) is 5.26. The highest BCUT2D eigenvalue weighted by Crippen LogP contribution is 2.33. The number of carbonyl (C=O) groups is 6. The fourth-order valence-corrected chi connectivity index (χ4v) is 5.93. The molecule has 4 aromatic carbocycles. The summed E-state index contributed by atoms with van der Waals surface area (Å²) in [7, 11) is -3.97. The number of ketones is 2. The first-order chi connectivity index (χ1) is 28.1. The molecule has 0 fully saturated rings. The molecule has 59 heavy (non-hydrogen) atoms. The third-order valence-electron chi connectivity index (χ3n) is 7.71. The van der Waals surface area contributed by atoms with Crippen LogP contribution in [0.2, 0.25) is 0 Å². The molecule has 0 aliphatic rings. The lowest BCUT2D eigenvalue weighted by atomic mass is 10.2. The summed E-state index contributed by atoms with van der Waals surface area (Å²) >= 11 is 0. The predicted molar refractivity (Wildman–Crippen MR) is 218 cm³/mol. The van der Waals surface area contributed by atoms with Crippen LogP contribution in [0.5, 0.6) is 23.0 Å². The van der Waals surface area contributed by atoms with E-state index in [4.69, 9.17) is 18.9 Å². The highest BCUT2D eigenvalue weighted by Gasteiger charge is 2.19. The average Bonchev–Trinajstić information content (AvgIpc) is 3.21. The lowest BCUT2D eigenvalue weighted by Crippen LogP contribution is -2.11. The molecule has 0 bridgehead atoms. The second kappa shape index (κ2) is 21.2. The Balaban J connectivity index is 1.33. The van der Waals surface area contributed by atoms with Crippen molar-refractivity contribution < 1.29 is 56.1 Å². The van der Waals surface area contributed by atoms with Gasteiger partial charge in [0.25, 0.3) is 0 Å². The van der Waals surface area contributed by atoms with Crippen LogP contribution < -0.4 is 20.1 Å². The third-order valence-corrected chi connectivity index (χ3v) is 9.50. The van der Waals surface area contributed by atoms with E-state index in [0.717, 1.165) is 24.3 Å². The van der Waals surface area contributed by atoms with Crippen LogP contribution >= 0.6 is 0 Å². The Kier molecular flexibility index (Phi) is 15.9. The molecule has 0 aromatic heterocycles. The van der Waals surface area contributed by atoms with E-state index < -0.39 is 45.2 Å². The van der Waals surface area contributed by atoms with E-state index in [9.17, 15) is 37.2 Å². The molecule has 14 nitrogen and oxygen atoms in total. The van der Waals surface area contributed by atoms with Gasteiger partial charge in [-0.25, -0.2) is 18.0 Å². The van der Waals surface area contributed by atoms with Gasteiger partial charge in [-0.05, 0) is 98.8 Å². The van der Waals surface area contributed by atoms with Crippen molar-refractivity contribution in [1.29, 1.82) is 0 Å². The smallest absolute Gasteiger partial charge is 0.333 e. The van der Waals surface area contributed by atoms with Gasteiger partial charge in [0.1, 0.15) is 11.5 Å². The molecular formula is C44H40N2O12S. The van der Waals surface area contributed by atoms with Crippen molar-refractivity contribution in [3.8, 4) is 23.0 Å². The second-order valence-corrected chi connectivity index (χ2v) is 14.5. The van der Waals surface area contributed by atoms with Gasteiger partial charge in [0, 0.05) is 36.1 Å². The van der Waals surface area contributed by atoms with Crippen LogP contribution in [0, 0.1) is 0 Å². The van der Waals surface area contributed by atoms with E-state index in [1.807, 2.05) is 0 Å². The van der Waals surface area contributed by atoms with Crippen LogP contribution in [0.15, 0.2) is 155 Å². The van der Waals surface area contributed by atoms with E-state index in [2.05, 4.69) is 23.8 Å². The molecule has 304 valence electrons. The van der Waals surface area contributed by atoms with Crippen molar-refractivity contribution in [2.24, 2.45) is 0 Å². The summed E-state index contributed by atoms with van der Waals surface area (Å²) in [5.41, 5.74) is 0.987. The monoisotopic (exact) mass is 820 g/mol. The minimum atomic E-state index is -3.97. The molecule has 4 aromatic rings. The topological polar surface area (TPSA) is 198 Å². The van der Waals surface area contributed by atoms with Gasteiger partial charge in [0.05, 0.1) is 34.4 Å². The normalized spacial score (nSPS) is 11.0. The number of esters is 2. The van der Waals surface area contributed by atoms with Crippen molar-refractivity contribution in [2.45, 2.75) is 36.5 Å². The molecule has 4 rings (SSSR count). The number of ether oxygens (including phenoxy) is 4. The van der Waals surface area contributed by atoms with Gasteiger partial charge in [0.2, 0.25) is 21.7 Å². The number of hydrogen-bond donors (Lipinski definition) is 2. The van der Waals surface area contributed by atoms with Gasteiger partial charge in [-0.15, -0.1) is 0 Å². The molecule has 0 spiro atoms.